The van der Waals surface area contributed by atoms with Crippen LogP contribution in [0.4, 0.5) is 13.2 Å². The summed E-state index contributed by atoms with van der Waals surface area (Å²) in [6.45, 7) is 1.91. The van der Waals surface area contributed by atoms with Crippen LogP contribution in [0, 0.1) is 18.3 Å². The third-order valence-electron chi connectivity index (χ3n) is 4.12. The fourth-order valence-electron chi connectivity index (χ4n) is 2.63. The zero-order valence-electron chi connectivity index (χ0n) is 15.3. The highest BCUT2D eigenvalue weighted by Gasteiger charge is 2.36. The van der Waals surface area contributed by atoms with Crippen molar-refractivity contribution in [3.63, 3.8) is 0 Å². The van der Waals surface area contributed by atoms with Gasteiger partial charge in [0.15, 0.2) is 5.78 Å². The highest BCUT2D eigenvalue weighted by atomic mass is 32.2. The number of thiophene rings is 1. The van der Waals surface area contributed by atoms with E-state index in [0.717, 1.165) is 23.4 Å². The van der Waals surface area contributed by atoms with Crippen LogP contribution < -0.4 is 0 Å². The summed E-state index contributed by atoms with van der Waals surface area (Å²) >= 11 is 2.26. The van der Waals surface area contributed by atoms with Gasteiger partial charge >= 0.3 is 6.18 Å². The zero-order valence-corrected chi connectivity index (χ0v) is 16.9. The minimum absolute atomic E-state index is 0.0116. The lowest BCUT2D eigenvalue weighted by atomic mass is 10.1. The largest absolute Gasteiger partial charge is 0.417 e. The van der Waals surface area contributed by atoms with Crippen LogP contribution in [-0.2, 0) is 6.18 Å². The van der Waals surface area contributed by atoms with Crippen LogP contribution in [0.3, 0.4) is 0 Å². The monoisotopic (exact) mass is 432 g/mol. The lowest BCUT2D eigenvalue weighted by molar-refractivity contribution is -0.138. The number of benzene rings is 1. The summed E-state index contributed by atoms with van der Waals surface area (Å²) in [6.07, 6.45) is -4.54. The lowest BCUT2D eigenvalue weighted by Gasteiger charge is -2.13. The molecule has 148 valence electrons. The number of pyridine rings is 1. The molecule has 0 amide bonds. The molecule has 0 bridgehead atoms. The molecule has 3 nitrogen and oxygen atoms in total. The molecule has 0 aliphatic carbocycles. The van der Waals surface area contributed by atoms with E-state index in [1.54, 1.807) is 35.7 Å². The average molecular weight is 432 g/mol. The van der Waals surface area contributed by atoms with Gasteiger partial charge in [-0.25, -0.2) is 4.98 Å². The fourth-order valence-corrected chi connectivity index (χ4v) is 4.26. The smallest absolute Gasteiger partial charge is 0.294 e. The second-order valence-electron chi connectivity index (χ2n) is 6.21. The molecule has 0 radical (unpaired) electrons. The third kappa shape index (κ3) is 5.05. The quantitative estimate of drug-likeness (QED) is 0.335. The number of aryl methyl sites for hydroxylation is 1. The maximum absolute atomic E-state index is 13.5. The lowest BCUT2D eigenvalue weighted by Crippen LogP contribution is -2.10. The molecule has 2 aromatic heterocycles. The maximum atomic E-state index is 13.5. The van der Waals surface area contributed by atoms with Gasteiger partial charge in [0.2, 0.25) is 0 Å². The number of hydrogen-bond acceptors (Lipinski definition) is 5. The highest BCUT2D eigenvalue weighted by molar-refractivity contribution is 7.99. The van der Waals surface area contributed by atoms with E-state index in [1.165, 1.54) is 11.3 Å². The molecule has 0 aliphatic rings. The number of ketones is 1. The van der Waals surface area contributed by atoms with Crippen LogP contribution in [0.2, 0.25) is 0 Å². The molecular weight excluding hydrogens is 417 g/mol. The maximum Gasteiger partial charge on any atom is 0.417 e. The van der Waals surface area contributed by atoms with Gasteiger partial charge < -0.3 is 0 Å². The Morgan fingerprint density at radius 2 is 1.97 bits per heavy atom. The molecule has 0 N–H and O–H groups in total. The molecular formula is C21H15F3N2OS2. The molecule has 0 saturated carbocycles. The first kappa shape index (κ1) is 21.1. The molecule has 3 aromatic rings. The molecule has 0 aliphatic heterocycles. The second kappa shape index (κ2) is 8.80. The Hall–Kier alpha value is -2.63. The Morgan fingerprint density at radius 3 is 2.55 bits per heavy atom. The van der Waals surface area contributed by atoms with Gasteiger partial charge in [0, 0.05) is 17.7 Å². The number of Topliss-reactive ketones (excluding diaryl/α,β-unsaturated/α-hetero) is 1. The Bertz CT molecular complexity index is 1050. The van der Waals surface area contributed by atoms with Crippen molar-refractivity contribution in [2.24, 2.45) is 0 Å². The topological polar surface area (TPSA) is 53.8 Å². The SMILES string of the molecule is Cc1ccc(C(=O)CCSc2nc(-c3cccs3)cc(C(F)(F)F)c2C#N)cc1. The van der Waals surface area contributed by atoms with Gasteiger partial charge in [0.1, 0.15) is 11.1 Å². The van der Waals surface area contributed by atoms with E-state index in [0.29, 0.717) is 10.4 Å². The number of halogens is 3. The van der Waals surface area contributed by atoms with Crippen molar-refractivity contribution in [1.29, 1.82) is 5.26 Å². The predicted molar refractivity (Wildman–Crippen MR) is 108 cm³/mol. The van der Waals surface area contributed by atoms with Crippen LogP contribution >= 0.6 is 23.1 Å². The van der Waals surface area contributed by atoms with Gasteiger partial charge in [-0.15, -0.1) is 23.1 Å². The normalized spacial score (nSPS) is 11.3. The highest BCUT2D eigenvalue weighted by Crippen LogP contribution is 2.38. The molecule has 0 saturated heterocycles. The number of nitrogens with zero attached hydrogens (tertiary/aromatic N) is 2. The van der Waals surface area contributed by atoms with Crippen molar-refractivity contribution >= 4 is 28.9 Å². The van der Waals surface area contributed by atoms with Crippen LogP contribution in [0.1, 0.15) is 33.5 Å². The van der Waals surface area contributed by atoms with Gasteiger partial charge in [0.25, 0.3) is 0 Å². The summed E-state index contributed by atoms with van der Waals surface area (Å²) in [6, 6.07) is 13.0. The van der Waals surface area contributed by atoms with Crippen molar-refractivity contribution in [2.45, 2.75) is 24.5 Å². The van der Waals surface area contributed by atoms with Crippen LogP contribution in [-0.4, -0.2) is 16.5 Å². The van der Waals surface area contributed by atoms with E-state index in [1.807, 2.05) is 19.1 Å². The van der Waals surface area contributed by atoms with Gasteiger partial charge in [-0.3, -0.25) is 4.79 Å². The number of carbonyl (C=O) groups excluding carboxylic acids is 1. The molecule has 0 spiro atoms. The van der Waals surface area contributed by atoms with Crippen LogP contribution in [0.5, 0.6) is 0 Å². The summed E-state index contributed by atoms with van der Waals surface area (Å²) in [7, 11) is 0. The minimum Gasteiger partial charge on any atom is -0.294 e. The fraction of sp³-hybridized carbons (Fsp3) is 0.190. The summed E-state index contributed by atoms with van der Waals surface area (Å²) in [4.78, 5) is 17.2. The second-order valence-corrected chi connectivity index (χ2v) is 8.24. The molecule has 29 heavy (non-hydrogen) atoms. The first-order chi connectivity index (χ1) is 13.8. The van der Waals surface area contributed by atoms with Crippen molar-refractivity contribution < 1.29 is 18.0 Å². The van der Waals surface area contributed by atoms with Crippen molar-refractivity contribution in [3.8, 4) is 16.6 Å². The Kier molecular flexibility index (Phi) is 6.40. The minimum atomic E-state index is -4.67. The van der Waals surface area contributed by atoms with Gasteiger partial charge in [-0.1, -0.05) is 35.9 Å². The average Bonchev–Trinajstić information content (AvgIpc) is 3.22. The molecule has 0 unspecified atom stereocenters. The molecule has 0 atom stereocenters. The van der Waals surface area contributed by atoms with Crippen molar-refractivity contribution in [2.75, 3.05) is 5.75 Å². The standard InChI is InChI=1S/C21H15F3N2OS2/c1-13-4-6-14(7-5-13)18(27)8-10-29-20-15(12-25)16(21(22,23)24)11-17(26-20)19-3-2-9-28-19/h2-7,9,11H,8,10H2,1H3. The van der Waals surface area contributed by atoms with Crippen LogP contribution in [0.15, 0.2) is 52.9 Å². The van der Waals surface area contributed by atoms with E-state index >= 15 is 0 Å². The number of thioether (sulfide) groups is 1. The molecule has 3 rings (SSSR count). The number of alkyl halides is 3. The summed E-state index contributed by atoms with van der Waals surface area (Å²) < 4.78 is 40.5. The van der Waals surface area contributed by atoms with Gasteiger partial charge in [-0.2, -0.15) is 18.4 Å². The Labute approximate surface area is 174 Å². The van der Waals surface area contributed by atoms with E-state index in [-0.39, 0.29) is 28.7 Å². The zero-order chi connectivity index (χ0) is 21.0. The van der Waals surface area contributed by atoms with E-state index < -0.39 is 17.3 Å². The number of aromatic nitrogens is 1. The third-order valence-corrected chi connectivity index (χ3v) is 5.99. The molecule has 1 aromatic carbocycles. The number of nitriles is 1. The number of carbonyl (C=O) groups is 1. The van der Waals surface area contributed by atoms with E-state index in [9.17, 15) is 23.2 Å². The van der Waals surface area contributed by atoms with Crippen molar-refractivity contribution in [3.05, 3.63) is 70.1 Å². The van der Waals surface area contributed by atoms with E-state index in [4.69, 9.17) is 0 Å². The Morgan fingerprint density at radius 1 is 1.24 bits per heavy atom. The van der Waals surface area contributed by atoms with E-state index in [2.05, 4.69) is 4.98 Å². The first-order valence-electron chi connectivity index (χ1n) is 8.58. The first-order valence-corrected chi connectivity index (χ1v) is 10.4. The summed E-state index contributed by atoms with van der Waals surface area (Å²) in [5.41, 5.74) is 0.229. The van der Waals surface area contributed by atoms with Gasteiger partial charge in [0.05, 0.1) is 21.7 Å². The summed E-state index contributed by atoms with van der Waals surface area (Å²) in [5.74, 6) is 0.112. The van der Waals surface area contributed by atoms with Gasteiger partial charge in [-0.05, 0) is 24.4 Å². The Balaban J connectivity index is 1.85. The van der Waals surface area contributed by atoms with Crippen LogP contribution in [0.25, 0.3) is 10.6 Å². The molecule has 2 heterocycles. The number of rotatable bonds is 6. The summed E-state index contributed by atoms with van der Waals surface area (Å²) in [5, 5.41) is 11.1. The molecule has 8 heteroatoms. The number of hydrogen-bond donors (Lipinski definition) is 0. The van der Waals surface area contributed by atoms with Crippen molar-refractivity contribution in [1.82, 2.24) is 4.98 Å². The predicted octanol–water partition coefficient (Wildman–Crippen LogP) is 6.37. The molecule has 0 fully saturated rings.